The predicted octanol–water partition coefficient (Wildman–Crippen LogP) is 0.341. The van der Waals surface area contributed by atoms with Crippen LogP contribution in [0, 0.1) is 0 Å². The third-order valence-corrected chi connectivity index (χ3v) is 3.62. The van der Waals surface area contributed by atoms with Crippen molar-refractivity contribution in [3.05, 3.63) is 60.2 Å². The van der Waals surface area contributed by atoms with Gasteiger partial charge in [0.2, 0.25) is 11.7 Å². The summed E-state index contributed by atoms with van der Waals surface area (Å²) in [5, 5.41) is 8.22. The van der Waals surface area contributed by atoms with E-state index in [2.05, 4.69) is 15.2 Å². The van der Waals surface area contributed by atoms with Crippen LogP contribution in [0.4, 0.5) is 0 Å². The minimum atomic E-state index is -0.445. The first-order chi connectivity index (χ1) is 10.2. The van der Waals surface area contributed by atoms with E-state index in [1.165, 1.54) is 0 Å². The number of hydrogen-bond acceptors (Lipinski definition) is 3. The lowest BCUT2D eigenvalue weighted by molar-refractivity contribution is -0.678. The number of aromatic nitrogens is 2. The number of carbonyl (C=O) groups is 1. The minimum Gasteiger partial charge on any atom is -0.366 e. The number of quaternary nitrogens is 1. The second-order valence-electron chi connectivity index (χ2n) is 4.92. The van der Waals surface area contributed by atoms with Crippen molar-refractivity contribution in [2.45, 2.75) is 0 Å². The van der Waals surface area contributed by atoms with Gasteiger partial charge in [0.25, 0.3) is 0 Å². The number of carbonyl (C=O) groups excluding carboxylic acids is 1. The smallest absolute Gasteiger partial charge is 0.248 e. The van der Waals surface area contributed by atoms with Gasteiger partial charge in [-0.05, 0) is 24.3 Å². The van der Waals surface area contributed by atoms with Gasteiger partial charge in [-0.2, -0.15) is 10.1 Å². The summed E-state index contributed by atoms with van der Waals surface area (Å²) in [6, 6.07) is 5.27. The number of fused-ring (bicyclic) bond motifs is 2. The first-order valence-electron chi connectivity index (χ1n) is 6.52. The van der Waals surface area contributed by atoms with Gasteiger partial charge < -0.3 is 5.73 Å². The number of amides is 1. The largest absolute Gasteiger partial charge is 0.366 e. The van der Waals surface area contributed by atoms with Crippen molar-refractivity contribution in [1.82, 2.24) is 10.2 Å². The minimum absolute atomic E-state index is 0.445. The Bertz CT molecular complexity index is 885. The lowest BCUT2D eigenvalue weighted by atomic mass is 10.0. The summed E-state index contributed by atoms with van der Waals surface area (Å²) in [5.74, 6) is 0.510. The van der Waals surface area contributed by atoms with Crippen molar-refractivity contribution in [1.29, 1.82) is 0 Å². The Morgan fingerprint density at radius 3 is 3.05 bits per heavy atom. The van der Waals surface area contributed by atoms with E-state index < -0.39 is 5.91 Å². The highest BCUT2D eigenvalue weighted by Crippen LogP contribution is 2.24. The summed E-state index contributed by atoms with van der Waals surface area (Å²) in [4.78, 5) is 16.7. The lowest BCUT2D eigenvalue weighted by Gasteiger charge is -2.10. The van der Waals surface area contributed by atoms with E-state index in [9.17, 15) is 4.79 Å². The van der Waals surface area contributed by atoms with Crippen LogP contribution in [0.5, 0.6) is 0 Å². The Kier molecular flexibility index (Phi) is 2.39. The van der Waals surface area contributed by atoms with Crippen LogP contribution >= 0.6 is 0 Å². The summed E-state index contributed by atoms with van der Waals surface area (Å²) in [5.41, 5.74) is 8.47. The summed E-state index contributed by atoms with van der Waals surface area (Å²) in [6.45, 7) is 0. The van der Waals surface area contributed by atoms with Crippen molar-refractivity contribution in [3.8, 4) is 0 Å². The Hall–Kier alpha value is -2.99. The maximum atomic E-state index is 11.3. The van der Waals surface area contributed by atoms with E-state index in [1.54, 1.807) is 18.3 Å². The molecule has 1 aromatic heterocycles. The van der Waals surface area contributed by atoms with Gasteiger partial charge in [0.15, 0.2) is 0 Å². The van der Waals surface area contributed by atoms with Gasteiger partial charge in [0, 0.05) is 17.0 Å². The summed E-state index contributed by atoms with van der Waals surface area (Å²) < 4.78 is 0. The molecule has 6 nitrogen and oxygen atoms in total. The number of benzene rings is 1. The highest BCUT2D eigenvalue weighted by atomic mass is 16.1. The molecule has 4 N–H and O–H groups in total. The third kappa shape index (κ3) is 1.81. The van der Waals surface area contributed by atoms with E-state index in [0.717, 1.165) is 32.9 Å². The molecule has 2 aliphatic heterocycles. The number of aromatic amines is 1. The van der Waals surface area contributed by atoms with Crippen molar-refractivity contribution < 1.29 is 9.69 Å². The van der Waals surface area contributed by atoms with Crippen LogP contribution in [-0.4, -0.2) is 21.9 Å². The number of nitrogens with zero attached hydrogens (tertiary/aromatic N) is 2. The van der Waals surface area contributed by atoms with Crippen LogP contribution < -0.4 is 10.6 Å². The summed E-state index contributed by atoms with van der Waals surface area (Å²) in [6.07, 6.45) is 9.71. The van der Waals surface area contributed by atoms with Crippen molar-refractivity contribution in [2.24, 2.45) is 10.7 Å². The SMILES string of the molecule is NC(=O)c1ccc2[nH]nc(C3=C[NH+]4C=CN=C4C=C3)c2c1. The molecule has 0 bridgehead atoms. The topological polar surface area (TPSA) is 88.6 Å². The van der Waals surface area contributed by atoms with Gasteiger partial charge in [-0.15, -0.1) is 0 Å². The van der Waals surface area contributed by atoms with Gasteiger partial charge in [-0.3, -0.25) is 9.89 Å². The van der Waals surface area contributed by atoms with Gasteiger partial charge in [0.05, 0.1) is 17.3 Å². The van der Waals surface area contributed by atoms with Gasteiger partial charge >= 0.3 is 0 Å². The monoisotopic (exact) mass is 278 g/mol. The zero-order valence-electron chi connectivity index (χ0n) is 11.0. The number of amidine groups is 1. The zero-order chi connectivity index (χ0) is 14.4. The van der Waals surface area contributed by atoms with E-state index >= 15 is 0 Å². The molecule has 6 heteroatoms. The molecule has 102 valence electrons. The van der Waals surface area contributed by atoms with Crippen molar-refractivity contribution in [3.63, 3.8) is 0 Å². The first kappa shape index (κ1) is 11.8. The third-order valence-electron chi connectivity index (χ3n) is 3.62. The number of H-pyrrole nitrogens is 1. The van der Waals surface area contributed by atoms with Crippen LogP contribution in [0.3, 0.4) is 0 Å². The van der Waals surface area contributed by atoms with E-state index in [0.29, 0.717) is 5.56 Å². The molecule has 1 aromatic carbocycles. The molecule has 0 saturated carbocycles. The molecule has 2 aliphatic rings. The number of allylic oxidation sites excluding steroid dienone is 2. The number of nitrogens with two attached hydrogens (primary N) is 1. The highest BCUT2D eigenvalue weighted by Gasteiger charge is 2.22. The second kappa shape index (κ2) is 4.26. The van der Waals surface area contributed by atoms with Crippen LogP contribution in [0.15, 0.2) is 53.9 Å². The molecule has 3 heterocycles. The van der Waals surface area contributed by atoms with Crippen molar-refractivity contribution in [2.75, 3.05) is 0 Å². The van der Waals surface area contributed by atoms with Crippen LogP contribution in [0.1, 0.15) is 16.1 Å². The van der Waals surface area contributed by atoms with E-state index in [-0.39, 0.29) is 0 Å². The number of primary amides is 1. The number of nitrogens with one attached hydrogen (secondary N) is 2. The Morgan fingerprint density at radius 1 is 1.29 bits per heavy atom. The molecule has 21 heavy (non-hydrogen) atoms. The fourth-order valence-electron chi connectivity index (χ4n) is 2.54. The molecule has 0 spiro atoms. The molecule has 1 unspecified atom stereocenters. The molecule has 0 radical (unpaired) electrons. The predicted molar refractivity (Wildman–Crippen MR) is 79.3 cm³/mol. The molecule has 2 aromatic rings. The Morgan fingerprint density at radius 2 is 2.19 bits per heavy atom. The summed E-state index contributed by atoms with van der Waals surface area (Å²) in [7, 11) is 0. The van der Waals surface area contributed by atoms with E-state index in [4.69, 9.17) is 5.73 Å². The average Bonchev–Trinajstić information content (AvgIpc) is 3.12. The van der Waals surface area contributed by atoms with Gasteiger partial charge in [-0.25, -0.2) is 4.90 Å². The van der Waals surface area contributed by atoms with Crippen LogP contribution in [0.25, 0.3) is 16.5 Å². The standard InChI is InChI=1S/C15H11N5O/c16-15(21)9-1-3-12-11(7-9)14(19-18-12)10-2-4-13-17-5-6-20(13)8-10/h1-8H,(H2,16,21)(H,18,19)/p+1. The molecule has 0 saturated heterocycles. The first-order valence-corrected chi connectivity index (χ1v) is 6.52. The molecule has 4 rings (SSSR count). The molecular weight excluding hydrogens is 266 g/mol. The van der Waals surface area contributed by atoms with Gasteiger partial charge in [-0.1, -0.05) is 0 Å². The van der Waals surface area contributed by atoms with E-state index in [1.807, 2.05) is 30.6 Å². The summed E-state index contributed by atoms with van der Waals surface area (Å²) >= 11 is 0. The highest BCUT2D eigenvalue weighted by molar-refractivity contribution is 6.01. The van der Waals surface area contributed by atoms with Gasteiger partial charge in [0.1, 0.15) is 18.1 Å². The quantitative estimate of drug-likeness (QED) is 0.739. The van der Waals surface area contributed by atoms with Crippen LogP contribution in [0.2, 0.25) is 0 Å². The normalized spacial score (nSPS) is 19.5. The number of rotatable bonds is 2. The van der Waals surface area contributed by atoms with Crippen molar-refractivity contribution >= 4 is 28.2 Å². The molecule has 0 fully saturated rings. The average molecular weight is 278 g/mol. The van der Waals surface area contributed by atoms with Crippen LogP contribution in [-0.2, 0) is 0 Å². The fourth-order valence-corrected chi connectivity index (χ4v) is 2.54. The molecule has 0 aliphatic carbocycles. The maximum absolute atomic E-state index is 11.3. The fraction of sp³-hybridized carbons (Fsp3) is 0. The number of hydrogen-bond donors (Lipinski definition) is 3. The Balaban J connectivity index is 1.85. The zero-order valence-corrected chi connectivity index (χ0v) is 11.0. The lowest BCUT2D eigenvalue weighted by Crippen LogP contribution is -3.04. The number of aliphatic imine (C=N–C) groups is 1. The maximum Gasteiger partial charge on any atom is 0.248 e. The second-order valence-corrected chi connectivity index (χ2v) is 4.92. The molecular formula is C15H12N5O+. The molecule has 1 amide bonds. The molecule has 1 atom stereocenters. The Labute approximate surface area is 120 Å².